The van der Waals surface area contributed by atoms with E-state index in [-0.39, 0.29) is 24.1 Å². The number of fused-ring (bicyclic) bond motifs is 1. The smallest absolute Gasteiger partial charge is 0.124 e. The molecular formula is C16H17Cl2N5. The first-order valence-corrected chi connectivity index (χ1v) is 6.87. The Bertz CT molecular complexity index is 826. The highest BCUT2D eigenvalue weighted by atomic mass is 35.5. The summed E-state index contributed by atoms with van der Waals surface area (Å²) in [4.78, 5) is 3.06. The molecule has 1 heterocycles. The Labute approximate surface area is 145 Å². The van der Waals surface area contributed by atoms with E-state index < -0.39 is 0 Å². The number of nitrogens with two attached hydrogens (primary N) is 2. The van der Waals surface area contributed by atoms with Crippen LogP contribution >= 0.6 is 24.0 Å². The predicted molar refractivity (Wildman–Crippen MR) is 99.0 cm³/mol. The highest BCUT2D eigenvalue weighted by molar-refractivity contribution is 6.33. The minimum absolute atomic E-state index is 0. The zero-order valence-corrected chi connectivity index (χ0v) is 13.7. The Hall–Kier alpha value is -2.50. The van der Waals surface area contributed by atoms with Gasteiger partial charge in [0, 0.05) is 22.8 Å². The van der Waals surface area contributed by atoms with Gasteiger partial charge in [0.25, 0.3) is 0 Å². The average molecular weight is 350 g/mol. The van der Waals surface area contributed by atoms with Crippen molar-refractivity contribution in [2.24, 2.45) is 11.5 Å². The highest BCUT2D eigenvalue weighted by Crippen LogP contribution is 2.14. The molecule has 5 nitrogen and oxygen atoms in total. The SMILES string of the molecule is Cl.N=C(N)c1ccc2cc[nH]c2c1.N=C(N)c1ccccc1Cl. The zero-order valence-electron chi connectivity index (χ0n) is 12.1. The van der Waals surface area contributed by atoms with Gasteiger partial charge in [-0.05, 0) is 29.7 Å². The van der Waals surface area contributed by atoms with Gasteiger partial charge in [0.1, 0.15) is 11.7 Å². The fraction of sp³-hybridized carbons (Fsp3) is 0. The first-order chi connectivity index (χ1) is 10.5. The van der Waals surface area contributed by atoms with Gasteiger partial charge < -0.3 is 16.5 Å². The van der Waals surface area contributed by atoms with Gasteiger partial charge in [-0.25, -0.2) is 0 Å². The molecule has 1 aromatic heterocycles. The second kappa shape index (κ2) is 8.22. The van der Waals surface area contributed by atoms with E-state index in [0.717, 1.165) is 16.5 Å². The topological polar surface area (TPSA) is 116 Å². The predicted octanol–water partition coefficient (Wildman–Crippen LogP) is 3.50. The van der Waals surface area contributed by atoms with E-state index in [4.69, 9.17) is 33.9 Å². The number of halogens is 2. The molecule has 0 bridgehead atoms. The monoisotopic (exact) mass is 349 g/mol. The summed E-state index contributed by atoms with van der Waals surface area (Å²) in [5.74, 6) is 0.108. The maximum absolute atomic E-state index is 7.23. The molecule has 23 heavy (non-hydrogen) atoms. The molecule has 0 spiro atoms. The molecule has 0 aliphatic carbocycles. The second-order valence-electron chi connectivity index (χ2n) is 4.59. The summed E-state index contributed by atoms with van der Waals surface area (Å²) < 4.78 is 0. The number of amidine groups is 2. The highest BCUT2D eigenvalue weighted by Gasteiger charge is 1.99. The second-order valence-corrected chi connectivity index (χ2v) is 4.99. The maximum atomic E-state index is 7.23. The van der Waals surface area contributed by atoms with E-state index in [1.165, 1.54) is 0 Å². The van der Waals surface area contributed by atoms with Crippen LogP contribution in [0, 0.1) is 10.8 Å². The third-order valence-corrected chi connectivity index (χ3v) is 3.36. The van der Waals surface area contributed by atoms with E-state index >= 15 is 0 Å². The number of nitrogens with one attached hydrogen (secondary N) is 3. The van der Waals surface area contributed by atoms with Crippen LogP contribution in [0.15, 0.2) is 54.7 Å². The lowest BCUT2D eigenvalue weighted by Gasteiger charge is -1.98. The number of aromatic nitrogens is 1. The van der Waals surface area contributed by atoms with Crippen molar-refractivity contribution in [3.05, 3.63) is 70.9 Å². The lowest BCUT2D eigenvalue weighted by atomic mass is 10.1. The normalized spacial score (nSPS) is 9.43. The summed E-state index contributed by atoms with van der Waals surface area (Å²) in [5.41, 5.74) is 12.9. The number of hydrogen-bond donors (Lipinski definition) is 5. The third-order valence-electron chi connectivity index (χ3n) is 3.03. The van der Waals surface area contributed by atoms with Crippen LogP contribution in [0.25, 0.3) is 10.9 Å². The standard InChI is InChI=1S/C9H9N3.C7H7ClN2.ClH/c10-9(11)7-2-1-6-3-4-12-8(6)5-7;8-6-4-2-1-3-5(6)7(9)10;/h1-5,12H,(H3,10,11);1-4H,(H3,9,10);1H. The van der Waals surface area contributed by atoms with Crippen molar-refractivity contribution >= 4 is 46.6 Å². The average Bonchev–Trinajstić information content (AvgIpc) is 2.95. The molecule has 0 atom stereocenters. The Morgan fingerprint density at radius 3 is 2.22 bits per heavy atom. The fourth-order valence-electron chi connectivity index (χ4n) is 1.90. The van der Waals surface area contributed by atoms with E-state index in [1.54, 1.807) is 24.3 Å². The van der Waals surface area contributed by atoms with Gasteiger partial charge in [-0.3, -0.25) is 10.8 Å². The molecule has 0 fully saturated rings. The summed E-state index contributed by atoms with van der Waals surface area (Å²) in [6.07, 6.45) is 1.87. The van der Waals surface area contributed by atoms with Crippen LogP contribution in [-0.2, 0) is 0 Å². The van der Waals surface area contributed by atoms with Crippen LogP contribution in [0.3, 0.4) is 0 Å². The van der Waals surface area contributed by atoms with Crippen LogP contribution in [0.1, 0.15) is 11.1 Å². The number of benzene rings is 2. The molecule has 2 aromatic carbocycles. The van der Waals surface area contributed by atoms with Crippen molar-refractivity contribution in [1.82, 2.24) is 4.98 Å². The van der Waals surface area contributed by atoms with Gasteiger partial charge >= 0.3 is 0 Å². The number of nitrogen functional groups attached to an aromatic ring is 2. The summed E-state index contributed by atoms with van der Waals surface area (Å²) in [5, 5.41) is 16.0. The summed E-state index contributed by atoms with van der Waals surface area (Å²) in [7, 11) is 0. The Morgan fingerprint density at radius 2 is 1.65 bits per heavy atom. The van der Waals surface area contributed by atoms with Crippen LogP contribution < -0.4 is 11.5 Å². The van der Waals surface area contributed by atoms with Gasteiger partial charge in [-0.2, -0.15) is 0 Å². The Kier molecular flexibility index (Phi) is 6.63. The van der Waals surface area contributed by atoms with Crippen molar-refractivity contribution in [2.45, 2.75) is 0 Å². The molecule has 0 saturated carbocycles. The molecule has 7 N–H and O–H groups in total. The van der Waals surface area contributed by atoms with E-state index in [9.17, 15) is 0 Å². The molecule has 0 radical (unpaired) electrons. The minimum Gasteiger partial charge on any atom is -0.384 e. The van der Waals surface area contributed by atoms with Crippen LogP contribution in [-0.4, -0.2) is 16.7 Å². The number of rotatable bonds is 2. The molecule has 0 amide bonds. The van der Waals surface area contributed by atoms with Gasteiger partial charge in [-0.1, -0.05) is 35.9 Å². The maximum Gasteiger partial charge on any atom is 0.124 e. The van der Waals surface area contributed by atoms with E-state index in [1.807, 2.05) is 30.5 Å². The molecule has 120 valence electrons. The molecule has 7 heteroatoms. The number of H-pyrrole nitrogens is 1. The minimum atomic E-state index is 0. The van der Waals surface area contributed by atoms with Gasteiger partial charge in [-0.15, -0.1) is 12.4 Å². The quantitative estimate of drug-likeness (QED) is 0.359. The third kappa shape index (κ3) is 4.74. The van der Waals surface area contributed by atoms with Crippen molar-refractivity contribution in [3.8, 4) is 0 Å². The first-order valence-electron chi connectivity index (χ1n) is 6.49. The molecule has 0 aliphatic rings. The molecule has 0 saturated heterocycles. The molecule has 3 aromatic rings. The Balaban J connectivity index is 0.000000224. The first kappa shape index (κ1) is 18.5. The number of hydrogen-bond acceptors (Lipinski definition) is 2. The van der Waals surface area contributed by atoms with Gasteiger partial charge in [0.05, 0.1) is 5.02 Å². The van der Waals surface area contributed by atoms with Crippen LogP contribution in [0.4, 0.5) is 0 Å². The summed E-state index contributed by atoms with van der Waals surface area (Å²) >= 11 is 5.70. The van der Waals surface area contributed by atoms with Crippen LogP contribution in [0.5, 0.6) is 0 Å². The van der Waals surface area contributed by atoms with Crippen molar-refractivity contribution in [2.75, 3.05) is 0 Å². The van der Waals surface area contributed by atoms with E-state index in [2.05, 4.69) is 4.98 Å². The fourth-order valence-corrected chi connectivity index (χ4v) is 2.13. The summed E-state index contributed by atoms with van der Waals surface area (Å²) in [6.45, 7) is 0. The van der Waals surface area contributed by atoms with Gasteiger partial charge in [0.15, 0.2) is 0 Å². The van der Waals surface area contributed by atoms with Crippen molar-refractivity contribution in [3.63, 3.8) is 0 Å². The summed E-state index contributed by atoms with van der Waals surface area (Å²) in [6, 6.07) is 14.7. The number of aromatic amines is 1. The van der Waals surface area contributed by atoms with Crippen LogP contribution in [0.2, 0.25) is 5.02 Å². The van der Waals surface area contributed by atoms with Crippen molar-refractivity contribution < 1.29 is 0 Å². The molecule has 0 unspecified atom stereocenters. The molecule has 3 rings (SSSR count). The van der Waals surface area contributed by atoms with E-state index in [0.29, 0.717) is 10.6 Å². The Morgan fingerprint density at radius 1 is 0.957 bits per heavy atom. The zero-order chi connectivity index (χ0) is 16.1. The largest absolute Gasteiger partial charge is 0.384 e. The van der Waals surface area contributed by atoms with Crippen molar-refractivity contribution in [1.29, 1.82) is 10.8 Å². The molecule has 0 aliphatic heterocycles. The lowest BCUT2D eigenvalue weighted by molar-refractivity contribution is 1.42. The van der Waals surface area contributed by atoms with Gasteiger partial charge in [0.2, 0.25) is 0 Å². The lowest BCUT2D eigenvalue weighted by Crippen LogP contribution is -2.11. The molecular weight excluding hydrogens is 333 g/mol.